The maximum absolute atomic E-state index is 14.3. The topological polar surface area (TPSA) is 204 Å². The van der Waals surface area contributed by atoms with Crippen molar-refractivity contribution in [2.24, 2.45) is 0 Å². The Kier molecular flexibility index (Phi) is 27.2. The van der Waals surface area contributed by atoms with Gasteiger partial charge < -0.3 is 49.4 Å². The fourth-order valence-corrected chi connectivity index (χ4v) is 16.3. The lowest BCUT2D eigenvalue weighted by Crippen LogP contribution is -2.51. The van der Waals surface area contributed by atoms with Gasteiger partial charge in [-0.1, -0.05) is 106 Å². The van der Waals surface area contributed by atoms with Gasteiger partial charge in [0.25, 0.3) is 17.7 Å². The Labute approximate surface area is 717 Å². The van der Waals surface area contributed by atoms with Crippen molar-refractivity contribution in [3.05, 3.63) is 261 Å². The molecule has 3 saturated heterocycles. The monoisotopic (exact) mass is 1750 g/mol. The van der Waals surface area contributed by atoms with E-state index in [9.17, 15) is 41.9 Å². The Balaban J connectivity index is 0.000000157. The number of piperazine rings is 3. The lowest BCUT2D eigenvalue weighted by Gasteiger charge is -2.41. The maximum atomic E-state index is 14.3. The molecule has 3 aromatic heterocycles. The molecule has 1 N–H and O–H groups in total. The summed E-state index contributed by atoms with van der Waals surface area (Å²) in [6, 6.07) is 38.3. The van der Waals surface area contributed by atoms with Gasteiger partial charge in [-0.15, -0.1) is 0 Å². The average molecular weight is 1750 g/mol. The SMILES string of the molecule is CC1=C(C(=O)N2CCN(c3ccc(F)cc3)CC2)C(c2cccc(Cl)c2Cl)n2nc(C)cc2N1.CC1=C(C(=O)N2CCN(c3ccc(F)cc3)CC2)C(c2cccc(Cl)c2Cl)n2nc(C)cc2N1C(=O)N(C)C.CC1=C(C(=O)N2CCN(c3ccc(F)cc3)CC2)C(c2cccc(Cl)c2Cl)n2nc(C)cc2N1C(=O)N(C)C.CN(C)C(=O)Cl. The molecule has 3 atom stereocenters. The fraction of sp³-hybridized carbons (Fsp3) is 0.321. The van der Waals surface area contributed by atoms with Crippen LogP contribution in [-0.2, 0) is 14.4 Å². The Morgan fingerprint density at radius 1 is 0.381 bits per heavy atom. The molecule has 6 aliphatic heterocycles. The van der Waals surface area contributed by atoms with E-state index < -0.39 is 23.5 Å². The summed E-state index contributed by atoms with van der Waals surface area (Å²) in [5, 5.41) is 19.2. The summed E-state index contributed by atoms with van der Waals surface area (Å²) >= 11 is 44.1. The first-order valence-electron chi connectivity index (χ1n) is 37.8. The summed E-state index contributed by atoms with van der Waals surface area (Å²) in [7, 11) is 9.85. The van der Waals surface area contributed by atoms with Crippen LogP contribution in [0.2, 0.25) is 30.1 Å². The van der Waals surface area contributed by atoms with E-state index in [1.54, 1.807) is 142 Å². The summed E-state index contributed by atoms with van der Waals surface area (Å²) in [5.41, 5.74) is 10.1. The van der Waals surface area contributed by atoms with E-state index in [-0.39, 0.29) is 47.2 Å². The van der Waals surface area contributed by atoms with Gasteiger partial charge in [0.2, 0.25) is 0 Å². The third-order valence-corrected chi connectivity index (χ3v) is 23.8. The highest BCUT2D eigenvalue weighted by molar-refractivity contribution is 6.62. The summed E-state index contributed by atoms with van der Waals surface area (Å²) in [6.07, 6.45) is 0. The first-order chi connectivity index (χ1) is 56.1. The Hall–Kier alpha value is -10.4. The molecule has 0 spiro atoms. The van der Waals surface area contributed by atoms with Crippen molar-refractivity contribution in [1.29, 1.82) is 0 Å². The van der Waals surface area contributed by atoms with Crippen molar-refractivity contribution in [3.8, 4) is 0 Å². The third-order valence-electron chi connectivity index (χ3n) is 21.0. The molecule has 3 fully saturated rings. The van der Waals surface area contributed by atoms with Crippen molar-refractivity contribution in [2.45, 2.75) is 59.7 Å². The molecule has 0 saturated carbocycles. The smallest absolute Gasteiger partial charge is 0.329 e. The number of amides is 8. The van der Waals surface area contributed by atoms with Gasteiger partial charge in [-0.3, -0.25) is 29.0 Å². The molecule has 3 unspecified atom stereocenters. The molecule has 0 bridgehead atoms. The highest BCUT2D eigenvalue weighted by Crippen LogP contribution is 2.48. The van der Waals surface area contributed by atoms with Crippen molar-refractivity contribution >= 4 is 151 Å². The molecule has 8 amide bonds. The summed E-state index contributed by atoms with van der Waals surface area (Å²) in [6.45, 7) is 17.6. The van der Waals surface area contributed by atoms with E-state index >= 15 is 0 Å². The van der Waals surface area contributed by atoms with Crippen LogP contribution in [-0.4, -0.2) is 215 Å². The van der Waals surface area contributed by atoms with Crippen molar-refractivity contribution in [2.75, 3.05) is 151 Å². The van der Waals surface area contributed by atoms with Crippen LogP contribution in [0.25, 0.3) is 0 Å². The number of nitrogens with one attached hydrogen (secondary N) is 1. The fourth-order valence-electron chi connectivity index (χ4n) is 15.1. The summed E-state index contributed by atoms with van der Waals surface area (Å²) in [5.74, 6) is 0.572. The number of aryl methyl sites for hydroxylation is 3. The number of nitrogens with zero attached hydrogens (tertiary/aromatic N) is 17. The number of carbonyl (C=O) groups is 6. The number of rotatable bonds is 9. The Morgan fingerprint density at radius 3 is 0.958 bits per heavy atom. The summed E-state index contributed by atoms with van der Waals surface area (Å²) < 4.78 is 45.3. The van der Waals surface area contributed by atoms with E-state index in [2.05, 4.69) is 25.1 Å². The van der Waals surface area contributed by atoms with Gasteiger partial charge >= 0.3 is 17.4 Å². The molecule has 0 aliphatic carbocycles. The molecule has 6 aliphatic rings. The van der Waals surface area contributed by atoms with Crippen LogP contribution in [0.15, 0.2) is 179 Å². The summed E-state index contributed by atoms with van der Waals surface area (Å²) in [4.78, 5) is 98.2. The average Bonchev–Trinajstić information content (AvgIpc) is 1.43. The molecular weight excluding hydrogens is 1660 g/mol. The van der Waals surface area contributed by atoms with Gasteiger partial charge in [-0.25, -0.2) is 36.8 Å². The molecule has 34 heteroatoms. The zero-order chi connectivity index (χ0) is 85.2. The van der Waals surface area contributed by atoms with Gasteiger partial charge in [0.05, 0.1) is 63.9 Å². The third kappa shape index (κ3) is 18.3. The largest absolute Gasteiger partial charge is 0.368 e. The second-order valence-electron chi connectivity index (χ2n) is 29.5. The van der Waals surface area contributed by atoms with Crippen LogP contribution in [0, 0.1) is 38.2 Å². The first kappa shape index (κ1) is 86.9. The number of hydrogen-bond acceptors (Lipinski definition) is 13. The quantitative estimate of drug-likeness (QED) is 0.106. The lowest BCUT2D eigenvalue weighted by molar-refractivity contribution is -0.128. The van der Waals surface area contributed by atoms with Crippen molar-refractivity contribution in [3.63, 3.8) is 0 Å². The van der Waals surface area contributed by atoms with E-state index in [1.807, 2.05) is 79.7 Å². The molecule has 24 nitrogen and oxygen atoms in total. The van der Waals surface area contributed by atoms with E-state index in [0.717, 1.165) is 39.8 Å². The normalized spacial score (nSPS) is 17.1. The second kappa shape index (κ2) is 36.9. The maximum Gasteiger partial charge on any atom is 0.329 e. The number of anilines is 6. The van der Waals surface area contributed by atoms with Crippen LogP contribution in [0.3, 0.4) is 0 Å². The molecule has 9 aromatic rings. The highest BCUT2D eigenvalue weighted by Gasteiger charge is 2.46. The van der Waals surface area contributed by atoms with Gasteiger partial charge in [-0.05, 0) is 144 Å². The van der Waals surface area contributed by atoms with Crippen molar-refractivity contribution < 1.29 is 41.9 Å². The van der Waals surface area contributed by atoms with Crippen LogP contribution >= 0.6 is 81.2 Å². The molecule has 0 radical (unpaired) electrons. The van der Waals surface area contributed by atoms with Crippen LogP contribution in [0.4, 0.5) is 62.1 Å². The number of benzene rings is 6. The number of fused-ring (bicyclic) bond motifs is 3. The minimum atomic E-state index is -0.686. The predicted octanol–water partition coefficient (Wildman–Crippen LogP) is 16.9. The van der Waals surface area contributed by atoms with Crippen LogP contribution < -0.4 is 29.8 Å². The molecule has 118 heavy (non-hydrogen) atoms. The molecule has 9 heterocycles. The standard InChI is InChI=1S/2C28H29Cl2FN6O2.C25H24Cl2FN5O.C3H6ClNO/c2*1-17-16-23-36(28(39)33(3)4)18(2)24(26(37(23)32-17)21-6-5-7-22(29)25(21)30)27(38)35-14-12-34(13-15-35)20-10-8-19(31)9-11-20;1-15-14-21-29-16(2)22(24(33(21)30-15)19-4-3-5-20(26)23(19)27)25(34)32-12-10-31(11-13-32)18-8-6-17(28)7-9-18;1-5(2)3(4)6/h2*5-11,16,26H,12-15H2,1-4H3;3-9,14,24,29H,10-13H2,1-2H3;1-2H3. The van der Waals surface area contributed by atoms with Gasteiger partial charge in [0.1, 0.15) is 53.0 Å². The number of allylic oxidation sites excluding steroid dienone is 3. The lowest BCUT2D eigenvalue weighted by atomic mass is 9.93. The molecular formula is C84H88Cl7F3N18O6. The van der Waals surface area contributed by atoms with E-state index in [0.29, 0.717) is 171 Å². The number of urea groups is 2. The highest BCUT2D eigenvalue weighted by atomic mass is 35.5. The number of aromatic nitrogens is 6. The van der Waals surface area contributed by atoms with E-state index in [1.165, 1.54) is 60.9 Å². The molecule has 620 valence electrons. The second-order valence-corrected chi connectivity index (χ2v) is 32.2. The minimum Gasteiger partial charge on any atom is -0.368 e. The number of halogens is 10. The minimum absolute atomic E-state index is 0.0661. The Morgan fingerprint density at radius 2 is 0.661 bits per heavy atom. The molecule has 15 rings (SSSR count). The zero-order valence-corrected chi connectivity index (χ0v) is 72.2. The van der Waals surface area contributed by atoms with Gasteiger partial charge in [0.15, 0.2) is 0 Å². The van der Waals surface area contributed by atoms with Crippen LogP contribution in [0.5, 0.6) is 0 Å². The van der Waals surface area contributed by atoms with E-state index in [4.69, 9.17) is 91.4 Å². The van der Waals surface area contributed by atoms with Crippen LogP contribution in [0.1, 0.15) is 72.7 Å². The molecule has 6 aromatic carbocycles. The van der Waals surface area contributed by atoms with Crippen molar-refractivity contribution in [1.82, 2.24) is 58.7 Å². The number of hydrogen-bond donors (Lipinski definition) is 1. The van der Waals surface area contributed by atoms with Gasteiger partial charge in [0, 0.05) is 190 Å². The first-order valence-corrected chi connectivity index (χ1v) is 40.5. The van der Waals surface area contributed by atoms with Gasteiger partial charge in [-0.2, -0.15) is 15.3 Å². The zero-order valence-electron chi connectivity index (χ0n) is 66.9. The Bertz CT molecular complexity index is 5180. The number of carbonyl (C=O) groups excluding carboxylic acids is 6. The predicted molar refractivity (Wildman–Crippen MR) is 460 cm³/mol.